The Kier molecular flexibility index (Phi) is 31.8. The second kappa shape index (κ2) is 34.8. The Bertz CT molecular complexity index is 1080. The van der Waals surface area contributed by atoms with Crippen molar-refractivity contribution in [2.24, 2.45) is 0 Å². The highest BCUT2D eigenvalue weighted by atomic mass is 16.7. The van der Waals surface area contributed by atoms with Gasteiger partial charge in [0.05, 0.1) is 19.8 Å². The van der Waals surface area contributed by atoms with Crippen molar-refractivity contribution in [2.45, 2.75) is 255 Å². The van der Waals surface area contributed by atoms with E-state index in [1.54, 1.807) is 0 Å². The number of hydrogen-bond acceptors (Lipinski definition) is 15. The zero-order chi connectivity index (χ0) is 44.7. The number of aliphatic hydroxyl groups is 7. The van der Waals surface area contributed by atoms with Crippen molar-refractivity contribution in [1.82, 2.24) is 0 Å². The van der Waals surface area contributed by atoms with E-state index < -0.39 is 92.7 Å². The molecule has 15 heteroatoms. The zero-order valence-electron chi connectivity index (χ0n) is 37.7. The number of unbranched alkanes of at least 4 members (excludes halogenated alkanes) is 23. The smallest absolute Gasteiger partial charge is 0.306 e. The van der Waals surface area contributed by atoms with Gasteiger partial charge in [-0.3, -0.25) is 9.59 Å². The van der Waals surface area contributed by atoms with Crippen molar-refractivity contribution < 1.29 is 73.8 Å². The van der Waals surface area contributed by atoms with Crippen LogP contribution in [0.2, 0.25) is 0 Å². The van der Waals surface area contributed by atoms with E-state index in [0.29, 0.717) is 12.8 Å². The summed E-state index contributed by atoms with van der Waals surface area (Å²) < 4.78 is 33.1. The highest BCUT2D eigenvalue weighted by Crippen LogP contribution is 2.26. The number of carbonyl (C=O) groups is 2. The number of aliphatic hydroxyl groups excluding tert-OH is 7. The van der Waals surface area contributed by atoms with Crippen LogP contribution in [0, 0.1) is 0 Å². The summed E-state index contributed by atoms with van der Waals surface area (Å²) in [4.78, 5) is 25.1. The molecule has 2 aliphatic heterocycles. The minimum Gasteiger partial charge on any atom is -0.462 e. The number of rotatable bonds is 37. The van der Waals surface area contributed by atoms with Crippen LogP contribution >= 0.6 is 0 Å². The Hall–Kier alpha value is -1.50. The van der Waals surface area contributed by atoms with Gasteiger partial charge in [-0.2, -0.15) is 0 Å². The van der Waals surface area contributed by atoms with Gasteiger partial charge in [-0.1, -0.05) is 162 Å². The highest BCUT2D eigenvalue weighted by molar-refractivity contribution is 5.70. The minimum atomic E-state index is -1.76. The molecule has 0 radical (unpaired) electrons. The second-order valence-corrected chi connectivity index (χ2v) is 17.3. The molecule has 360 valence electrons. The fourth-order valence-electron chi connectivity index (χ4n) is 7.78. The molecule has 11 unspecified atom stereocenters. The van der Waals surface area contributed by atoms with Gasteiger partial charge in [0.1, 0.15) is 55.4 Å². The summed E-state index contributed by atoms with van der Waals surface area (Å²) in [5.41, 5.74) is 0. The minimum absolute atomic E-state index is 0.171. The van der Waals surface area contributed by atoms with Crippen molar-refractivity contribution in [3.8, 4) is 0 Å². The van der Waals surface area contributed by atoms with Crippen molar-refractivity contribution in [1.29, 1.82) is 0 Å². The first kappa shape index (κ1) is 55.6. The molecule has 0 bridgehead atoms. The molecule has 15 nitrogen and oxygen atoms in total. The summed E-state index contributed by atoms with van der Waals surface area (Å²) in [6, 6.07) is 0. The molecule has 0 saturated carbocycles. The lowest BCUT2D eigenvalue weighted by atomic mass is 9.98. The number of hydrogen-bond donors (Lipinski definition) is 7. The van der Waals surface area contributed by atoms with Crippen LogP contribution in [-0.2, 0) is 38.0 Å². The van der Waals surface area contributed by atoms with Gasteiger partial charge in [0.15, 0.2) is 18.7 Å². The fraction of sp³-hybridized carbons (Fsp3) is 0.957. The summed E-state index contributed by atoms with van der Waals surface area (Å²) in [7, 11) is 0. The third-order valence-corrected chi connectivity index (χ3v) is 11.8. The van der Waals surface area contributed by atoms with Crippen LogP contribution < -0.4 is 0 Å². The molecule has 2 rings (SSSR count). The molecule has 0 spiro atoms. The first-order valence-corrected chi connectivity index (χ1v) is 24.1. The van der Waals surface area contributed by atoms with Crippen LogP contribution in [-0.4, -0.2) is 142 Å². The second-order valence-electron chi connectivity index (χ2n) is 17.3. The number of ether oxygens (including phenoxy) is 6. The van der Waals surface area contributed by atoms with Crippen molar-refractivity contribution in [3.05, 3.63) is 0 Å². The number of esters is 2. The summed E-state index contributed by atoms with van der Waals surface area (Å²) >= 11 is 0. The van der Waals surface area contributed by atoms with Gasteiger partial charge in [0, 0.05) is 12.8 Å². The average Bonchev–Trinajstić information content (AvgIpc) is 3.25. The Balaban J connectivity index is 1.63. The monoisotopic (exact) mass is 879 g/mol. The third kappa shape index (κ3) is 23.8. The maximum absolute atomic E-state index is 12.8. The van der Waals surface area contributed by atoms with Crippen LogP contribution in [0.25, 0.3) is 0 Å². The summed E-state index contributed by atoms with van der Waals surface area (Å²) in [5.74, 6) is -0.955. The Labute approximate surface area is 366 Å². The van der Waals surface area contributed by atoms with E-state index in [9.17, 15) is 45.3 Å². The third-order valence-electron chi connectivity index (χ3n) is 11.8. The lowest BCUT2D eigenvalue weighted by Crippen LogP contribution is -2.61. The molecule has 7 N–H and O–H groups in total. The van der Waals surface area contributed by atoms with Crippen molar-refractivity contribution in [2.75, 3.05) is 26.4 Å². The number of carbonyl (C=O) groups excluding carboxylic acids is 2. The lowest BCUT2D eigenvalue weighted by molar-refractivity contribution is -0.332. The molecular formula is C46H86O15. The van der Waals surface area contributed by atoms with Crippen LogP contribution in [0.4, 0.5) is 0 Å². The van der Waals surface area contributed by atoms with E-state index in [2.05, 4.69) is 6.92 Å². The highest BCUT2D eigenvalue weighted by Gasteiger charge is 2.47. The quantitative estimate of drug-likeness (QED) is 0.0295. The summed E-state index contributed by atoms with van der Waals surface area (Å²) in [6.45, 7) is 2.33. The normalized spacial score (nSPS) is 27.2. The molecule has 2 heterocycles. The predicted molar refractivity (Wildman–Crippen MR) is 229 cm³/mol. The molecular weight excluding hydrogens is 792 g/mol. The van der Waals surface area contributed by atoms with Gasteiger partial charge < -0.3 is 64.2 Å². The van der Waals surface area contributed by atoms with Gasteiger partial charge in [0.25, 0.3) is 0 Å². The average molecular weight is 879 g/mol. The molecule has 11 atom stereocenters. The molecule has 2 fully saturated rings. The van der Waals surface area contributed by atoms with E-state index in [4.69, 9.17) is 28.4 Å². The van der Waals surface area contributed by atoms with Gasteiger partial charge in [0.2, 0.25) is 0 Å². The summed E-state index contributed by atoms with van der Waals surface area (Å²) in [5, 5.41) is 71.5. The van der Waals surface area contributed by atoms with Crippen LogP contribution in [0.5, 0.6) is 0 Å². The Morgan fingerprint density at radius 2 is 0.852 bits per heavy atom. The predicted octanol–water partition coefficient (Wildman–Crippen LogP) is 5.65. The largest absolute Gasteiger partial charge is 0.462 e. The van der Waals surface area contributed by atoms with Crippen LogP contribution in [0.1, 0.15) is 187 Å². The molecule has 0 aromatic heterocycles. The molecule has 2 saturated heterocycles. The first-order valence-electron chi connectivity index (χ1n) is 24.1. The van der Waals surface area contributed by atoms with Gasteiger partial charge in [-0.05, 0) is 12.8 Å². The Morgan fingerprint density at radius 3 is 1.31 bits per heavy atom. The van der Waals surface area contributed by atoms with Crippen molar-refractivity contribution in [3.63, 3.8) is 0 Å². The standard InChI is InChI=1S/C46H86O15/c1-3-5-7-8-9-10-11-12-13-14-15-16-17-18-19-20-21-22-23-24-25-26-27-29-38(49)59-34(31-56-37(48)28-6-4-2)32-57-45-44(55)42(53)40(51)36(61-45)33-58-46-43(54)41(52)39(50)35(30-47)60-46/h34-36,39-47,50-55H,3-33H2,1-2H3. The molecule has 0 aromatic carbocycles. The van der Waals surface area contributed by atoms with Crippen LogP contribution in [0.15, 0.2) is 0 Å². The van der Waals surface area contributed by atoms with E-state index in [1.165, 1.54) is 122 Å². The maximum atomic E-state index is 12.8. The van der Waals surface area contributed by atoms with E-state index in [0.717, 1.165) is 25.7 Å². The molecule has 0 aliphatic carbocycles. The van der Waals surface area contributed by atoms with Gasteiger partial charge in [-0.15, -0.1) is 0 Å². The molecule has 0 aromatic rings. The SMILES string of the molecule is CCCCCCCCCCCCCCCCCCCCCCCCCC(=O)OC(COC(=O)CCCC)COC1OC(COC2OC(CO)C(O)C(O)C2O)C(O)C(O)C1O. The zero-order valence-corrected chi connectivity index (χ0v) is 37.7. The van der Waals surface area contributed by atoms with E-state index in [-0.39, 0.29) is 26.1 Å². The fourth-order valence-corrected chi connectivity index (χ4v) is 7.78. The Morgan fingerprint density at radius 1 is 0.459 bits per heavy atom. The summed E-state index contributed by atoms with van der Waals surface area (Å²) in [6.07, 6.45) is 14.4. The van der Waals surface area contributed by atoms with Gasteiger partial charge in [-0.25, -0.2) is 0 Å². The van der Waals surface area contributed by atoms with Gasteiger partial charge >= 0.3 is 11.9 Å². The maximum Gasteiger partial charge on any atom is 0.306 e. The molecule has 0 amide bonds. The van der Waals surface area contributed by atoms with Crippen LogP contribution in [0.3, 0.4) is 0 Å². The molecule has 2 aliphatic rings. The topological polar surface area (TPSA) is 231 Å². The molecule has 61 heavy (non-hydrogen) atoms. The lowest BCUT2D eigenvalue weighted by Gasteiger charge is -2.42. The first-order chi connectivity index (χ1) is 29.5. The van der Waals surface area contributed by atoms with Crippen molar-refractivity contribution >= 4 is 11.9 Å². The van der Waals surface area contributed by atoms with E-state index >= 15 is 0 Å². The van der Waals surface area contributed by atoms with E-state index in [1.807, 2.05) is 6.92 Å².